The van der Waals surface area contributed by atoms with E-state index in [2.05, 4.69) is 46.6 Å². The summed E-state index contributed by atoms with van der Waals surface area (Å²) in [5, 5.41) is 3.64. The van der Waals surface area contributed by atoms with E-state index in [4.69, 9.17) is 4.74 Å². The summed E-state index contributed by atoms with van der Waals surface area (Å²) in [6, 6.07) is 21.4. The molecule has 0 saturated carbocycles. The number of hydrogen-bond acceptors (Lipinski definition) is 5. The molecule has 0 bridgehead atoms. The van der Waals surface area contributed by atoms with Crippen molar-refractivity contribution in [3.05, 3.63) is 100 Å². The fraction of sp³-hybridized carbons (Fsp3) is 0.487. The van der Waals surface area contributed by atoms with Crippen molar-refractivity contribution < 1.29 is 18.7 Å². The lowest BCUT2D eigenvalue weighted by molar-refractivity contribution is -0.148. The Kier molecular flexibility index (Phi) is 11.1. The third-order valence-corrected chi connectivity index (χ3v) is 9.86. The molecule has 2 aliphatic heterocycles. The number of hydrogen-bond donors (Lipinski definition) is 1. The summed E-state index contributed by atoms with van der Waals surface area (Å²) in [5.74, 6) is 1.03. The predicted molar refractivity (Wildman–Crippen MR) is 179 cm³/mol. The second-order valence-electron chi connectivity index (χ2n) is 13.6. The normalized spacial score (nSPS) is 17.6. The molecule has 0 aromatic heterocycles. The van der Waals surface area contributed by atoms with Gasteiger partial charge in [0.15, 0.2) is 5.78 Å². The Hall–Kier alpha value is -3.51. The molecule has 240 valence electrons. The molecule has 0 amide bonds. The first-order chi connectivity index (χ1) is 21.7. The summed E-state index contributed by atoms with van der Waals surface area (Å²) in [7, 11) is 0. The van der Waals surface area contributed by atoms with E-state index in [-0.39, 0.29) is 17.6 Å². The molecule has 1 fully saturated rings. The van der Waals surface area contributed by atoms with Gasteiger partial charge in [0.05, 0.1) is 12.0 Å². The van der Waals surface area contributed by atoms with Gasteiger partial charge in [-0.3, -0.25) is 14.5 Å². The number of nitrogens with one attached hydrogen (secondary N) is 1. The van der Waals surface area contributed by atoms with Crippen molar-refractivity contribution in [3.8, 4) is 0 Å². The number of fused-ring (bicyclic) bond motifs is 1. The topological polar surface area (TPSA) is 58.6 Å². The van der Waals surface area contributed by atoms with Crippen molar-refractivity contribution in [2.45, 2.75) is 84.1 Å². The van der Waals surface area contributed by atoms with Crippen molar-refractivity contribution in [2.75, 3.05) is 31.6 Å². The third-order valence-electron chi connectivity index (χ3n) is 9.86. The maximum Gasteiger partial charge on any atom is 0.315 e. The van der Waals surface area contributed by atoms with Gasteiger partial charge in [-0.1, -0.05) is 36.4 Å². The molecule has 5 rings (SSSR count). The quantitative estimate of drug-likeness (QED) is 0.165. The van der Waals surface area contributed by atoms with Crippen LogP contribution in [0.4, 0.5) is 10.1 Å². The molecule has 1 unspecified atom stereocenters. The van der Waals surface area contributed by atoms with Crippen LogP contribution in [0.3, 0.4) is 0 Å². The molecule has 3 aromatic rings. The van der Waals surface area contributed by atoms with Gasteiger partial charge in [-0.05, 0) is 143 Å². The largest absolute Gasteiger partial charge is 0.465 e. The van der Waals surface area contributed by atoms with E-state index >= 15 is 0 Å². The molecule has 2 aliphatic rings. The van der Waals surface area contributed by atoms with Gasteiger partial charge in [0.2, 0.25) is 0 Å². The highest BCUT2D eigenvalue weighted by Crippen LogP contribution is 2.30. The Bertz CT molecular complexity index is 1430. The maximum atomic E-state index is 13.2. The number of aryl methyl sites for hydroxylation is 1. The Labute approximate surface area is 268 Å². The lowest BCUT2D eigenvalue weighted by Crippen LogP contribution is -2.33. The van der Waals surface area contributed by atoms with Gasteiger partial charge in [0, 0.05) is 30.8 Å². The van der Waals surface area contributed by atoms with Gasteiger partial charge in [-0.25, -0.2) is 4.39 Å². The van der Waals surface area contributed by atoms with Crippen molar-refractivity contribution in [1.82, 2.24) is 4.90 Å². The van der Waals surface area contributed by atoms with Crippen LogP contribution in [0.25, 0.3) is 0 Å². The minimum Gasteiger partial charge on any atom is -0.465 e. The Morgan fingerprint density at radius 2 is 1.64 bits per heavy atom. The summed E-state index contributed by atoms with van der Waals surface area (Å²) < 4.78 is 18.5. The van der Waals surface area contributed by atoms with Crippen LogP contribution < -0.4 is 5.32 Å². The lowest BCUT2D eigenvalue weighted by Gasteiger charge is -2.32. The molecule has 45 heavy (non-hydrogen) atoms. The molecular formula is C39H49FN2O3. The number of rotatable bonds is 12. The van der Waals surface area contributed by atoms with E-state index < -0.39 is 5.41 Å². The van der Waals surface area contributed by atoms with Crippen LogP contribution in [-0.2, 0) is 34.3 Å². The molecule has 0 aliphatic carbocycles. The van der Waals surface area contributed by atoms with Gasteiger partial charge in [-0.15, -0.1) is 0 Å². The van der Waals surface area contributed by atoms with E-state index in [9.17, 15) is 14.0 Å². The van der Waals surface area contributed by atoms with Crippen LogP contribution in [-0.4, -0.2) is 42.9 Å². The number of anilines is 1. The number of likely N-dealkylation sites (tertiary alicyclic amines) is 1. The van der Waals surface area contributed by atoms with Crippen LogP contribution in [0.1, 0.15) is 91.9 Å². The highest BCUT2D eigenvalue weighted by Gasteiger charge is 2.31. The number of halogens is 1. The zero-order chi connectivity index (χ0) is 31.8. The average molecular weight is 613 g/mol. The number of carbonyl (C=O) groups excluding carboxylic acids is 2. The zero-order valence-electron chi connectivity index (χ0n) is 27.2. The number of Topliss-reactive ketones (excluding diaryl/α,β-unsaturated/α-hetero) is 1. The average Bonchev–Trinajstić information content (AvgIpc) is 3.25. The predicted octanol–water partition coefficient (Wildman–Crippen LogP) is 8.15. The molecule has 5 nitrogen and oxygen atoms in total. The number of carbonyl (C=O) groups is 2. The van der Waals surface area contributed by atoms with Gasteiger partial charge in [-0.2, -0.15) is 0 Å². The highest BCUT2D eigenvalue weighted by atomic mass is 19.1. The first-order valence-electron chi connectivity index (χ1n) is 16.8. The SMILES string of the molecule is CCOC(=O)C(C)(C)c1ccc(CC2CCc3cc(C(=O)CCCC4CCN(Cc5ccc(F)cc5)CC4)ccc3NC2)cc1. The van der Waals surface area contributed by atoms with Crippen LogP contribution in [0.5, 0.6) is 0 Å². The van der Waals surface area contributed by atoms with E-state index in [1.54, 1.807) is 0 Å². The Morgan fingerprint density at radius 1 is 0.933 bits per heavy atom. The molecule has 2 heterocycles. The van der Waals surface area contributed by atoms with Crippen molar-refractivity contribution in [3.63, 3.8) is 0 Å². The number of ether oxygens (including phenoxy) is 1. The van der Waals surface area contributed by atoms with Crippen molar-refractivity contribution in [2.24, 2.45) is 11.8 Å². The second kappa shape index (κ2) is 15.2. The molecular weight excluding hydrogens is 563 g/mol. The van der Waals surface area contributed by atoms with Crippen LogP contribution in [0.2, 0.25) is 0 Å². The number of benzene rings is 3. The highest BCUT2D eigenvalue weighted by molar-refractivity contribution is 5.96. The molecule has 1 atom stereocenters. The minimum atomic E-state index is -0.667. The Morgan fingerprint density at radius 3 is 2.36 bits per heavy atom. The summed E-state index contributed by atoms with van der Waals surface area (Å²) in [5.41, 5.74) is 5.96. The van der Waals surface area contributed by atoms with E-state index in [1.165, 1.54) is 23.3 Å². The number of nitrogens with zero attached hydrogens (tertiary/aromatic N) is 1. The molecule has 0 spiro atoms. The Balaban J connectivity index is 1.05. The molecule has 0 radical (unpaired) electrons. The third kappa shape index (κ3) is 8.82. The van der Waals surface area contributed by atoms with E-state index in [0.29, 0.717) is 24.9 Å². The first kappa shape index (κ1) is 32.9. The first-order valence-corrected chi connectivity index (χ1v) is 16.8. The number of piperidine rings is 1. The fourth-order valence-electron chi connectivity index (χ4n) is 6.83. The van der Waals surface area contributed by atoms with Gasteiger partial charge in [0.1, 0.15) is 5.82 Å². The van der Waals surface area contributed by atoms with Crippen molar-refractivity contribution >= 4 is 17.4 Å². The van der Waals surface area contributed by atoms with Crippen molar-refractivity contribution in [1.29, 1.82) is 0 Å². The van der Waals surface area contributed by atoms with Gasteiger partial charge >= 0.3 is 5.97 Å². The zero-order valence-corrected chi connectivity index (χ0v) is 27.2. The molecule has 1 N–H and O–H groups in total. The fourth-order valence-corrected chi connectivity index (χ4v) is 6.83. The van der Waals surface area contributed by atoms with Crippen LogP contribution >= 0.6 is 0 Å². The summed E-state index contributed by atoms with van der Waals surface area (Å²) in [6.45, 7) is 9.95. The number of esters is 1. The van der Waals surface area contributed by atoms with E-state index in [0.717, 1.165) is 93.5 Å². The smallest absolute Gasteiger partial charge is 0.315 e. The maximum absolute atomic E-state index is 13.2. The minimum absolute atomic E-state index is 0.184. The van der Waals surface area contributed by atoms with E-state index in [1.807, 2.05) is 39.0 Å². The van der Waals surface area contributed by atoms with Gasteiger partial charge < -0.3 is 10.1 Å². The van der Waals surface area contributed by atoms with Crippen LogP contribution in [0, 0.1) is 17.7 Å². The van der Waals surface area contributed by atoms with Gasteiger partial charge in [0.25, 0.3) is 0 Å². The molecule has 3 aromatic carbocycles. The summed E-state index contributed by atoms with van der Waals surface area (Å²) >= 11 is 0. The second-order valence-corrected chi connectivity index (χ2v) is 13.6. The number of ketones is 1. The lowest BCUT2D eigenvalue weighted by atomic mass is 9.83. The molecule has 6 heteroatoms. The summed E-state index contributed by atoms with van der Waals surface area (Å²) in [4.78, 5) is 28.0. The standard InChI is InChI=1S/C39H49FN2O3/c1-4-45-38(44)39(2,3)34-15-9-29(10-16-34)24-31-8-13-32-25-33(14-19-36(32)41-26-31)37(43)7-5-6-28-20-22-42(23-21-28)27-30-11-17-35(40)18-12-30/h9-12,14-19,25,28,31,41H,4-8,13,20-24,26-27H2,1-3H3. The van der Waals surface area contributed by atoms with Crippen LogP contribution in [0.15, 0.2) is 66.7 Å². The molecule has 1 saturated heterocycles. The summed E-state index contributed by atoms with van der Waals surface area (Å²) in [6.07, 6.45) is 7.96. The monoisotopic (exact) mass is 612 g/mol.